The van der Waals surface area contributed by atoms with Gasteiger partial charge in [0.15, 0.2) is 0 Å². The molecule has 0 atom stereocenters. The van der Waals surface area contributed by atoms with E-state index in [-0.39, 0.29) is 0 Å². The van der Waals surface area contributed by atoms with Gasteiger partial charge in [0.05, 0.1) is 13.2 Å². The second-order valence-corrected chi connectivity index (χ2v) is 2.65. The maximum atomic E-state index is 8.42. The first-order valence-electron chi connectivity index (χ1n) is 1.84. The number of hydrogen-bond acceptors (Lipinski definition) is 4. The highest BCUT2D eigenvalue weighted by atomic mass is 31.2. The lowest BCUT2D eigenvalue weighted by molar-refractivity contribution is 0.218. The van der Waals surface area contributed by atoms with E-state index in [1.54, 1.807) is 0 Å². The Hall–Kier alpha value is 0.270. The summed E-state index contributed by atoms with van der Waals surface area (Å²) >= 11 is 0. The minimum absolute atomic E-state index is 0.292. The fourth-order valence-corrected chi connectivity index (χ4v) is 1.05. The van der Waals surface area contributed by atoms with Crippen molar-refractivity contribution < 1.29 is 18.8 Å². The van der Waals surface area contributed by atoms with Crippen LogP contribution < -0.4 is 0 Å². The summed E-state index contributed by atoms with van der Waals surface area (Å²) in [5, 5.41) is 0. The molecule has 0 bridgehead atoms. The monoisotopic (exact) mass is 125 g/mol. The Balaban J connectivity index is 2.40. The zero-order valence-electron chi connectivity index (χ0n) is 3.57. The Morgan fingerprint density at radius 2 is 1.57 bits per heavy atom. The lowest BCUT2D eigenvalue weighted by Crippen LogP contribution is -1.85. The van der Waals surface area contributed by atoms with Crippen molar-refractivity contribution in [3.63, 3.8) is 0 Å². The molecular formula is C2H6O4P. The summed E-state index contributed by atoms with van der Waals surface area (Å²) in [6.45, 7) is 0.585. The van der Waals surface area contributed by atoms with Gasteiger partial charge in [0.1, 0.15) is 0 Å². The van der Waals surface area contributed by atoms with Crippen molar-refractivity contribution in [3.8, 4) is 0 Å². The summed E-state index contributed by atoms with van der Waals surface area (Å²) in [6, 6.07) is 0. The predicted molar refractivity (Wildman–Crippen MR) is 23.3 cm³/mol. The molecule has 4 nitrogen and oxygen atoms in total. The zero-order chi connectivity index (χ0) is 5.33. The van der Waals surface area contributed by atoms with Crippen LogP contribution in [-0.2, 0) is 9.05 Å². The Morgan fingerprint density at radius 1 is 1.14 bits per heavy atom. The van der Waals surface area contributed by atoms with Crippen LogP contribution in [0, 0.1) is 0 Å². The maximum absolute atomic E-state index is 8.42. The molecule has 2 N–H and O–H groups in total. The smallest absolute Gasteiger partial charge is 0.314 e. The minimum atomic E-state index is -3.29. The zero-order valence-corrected chi connectivity index (χ0v) is 4.47. The molecule has 0 aromatic rings. The van der Waals surface area contributed by atoms with E-state index < -0.39 is 8.17 Å². The summed E-state index contributed by atoms with van der Waals surface area (Å²) in [7, 11) is -3.29. The molecule has 5 heteroatoms. The van der Waals surface area contributed by atoms with Gasteiger partial charge in [-0.05, 0) is 0 Å². The first kappa shape index (κ1) is 5.41. The molecule has 7 heavy (non-hydrogen) atoms. The molecular weight excluding hydrogens is 119 g/mol. The molecule has 0 unspecified atom stereocenters. The third-order valence-electron chi connectivity index (χ3n) is 0.602. The topological polar surface area (TPSA) is 58.9 Å². The Morgan fingerprint density at radius 3 is 1.71 bits per heavy atom. The van der Waals surface area contributed by atoms with Crippen LogP contribution >= 0.6 is 8.17 Å². The van der Waals surface area contributed by atoms with Crippen LogP contribution in [0.2, 0.25) is 0 Å². The SMILES string of the molecule is O[P]1(O)OCCO1. The standard InChI is InChI=1S/C2H6O4P/c3-7(4)5-1-2-6-7/h3-4H,1-2H2. The lowest BCUT2D eigenvalue weighted by Gasteiger charge is -2.09. The van der Waals surface area contributed by atoms with Crippen molar-refractivity contribution >= 4 is 8.17 Å². The van der Waals surface area contributed by atoms with E-state index in [1.165, 1.54) is 0 Å². The second kappa shape index (κ2) is 1.65. The van der Waals surface area contributed by atoms with E-state index in [4.69, 9.17) is 9.79 Å². The summed E-state index contributed by atoms with van der Waals surface area (Å²) in [4.78, 5) is 16.8. The van der Waals surface area contributed by atoms with Gasteiger partial charge in [-0.15, -0.1) is 0 Å². The molecule has 43 valence electrons. The minimum Gasteiger partial charge on any atom is -0.314 e. The average Bonchev–Trinajstić information content (AvgIpc) is 1.84. The second-order valence-electron chi connectivity index (χ2n) is 1.16. The highest BCUT2D eigenvalue weighted by Crippen LogP contribution is 2.55. The molecule has 1 radical (unpaired) electrons. The van der Waals surface area contributed by atoms with Crippen LogP contribution in [0.3, 0.4) is 0 Å². The number of rotatable bonds is 0. The highest BCUT2D eigenvalue weighted by Gasteiger charge is 2.29. The Labute approximate surface area is 41.3 Å². The van der Waals surface area contributed by atoms with E-state index in [1.807, 2.05) is 0 Å². The van der Waals surface area contributed by atoms with Gasteiger partial charge in [0, 0.05) is 0 Å². The van der Waals surface area contributed by atoms with Crippen LogP contribution in [0.5, 0.6) is 0 Å². The van der Waals surface area contributed by atoms with E-state index in [0.717, 1.165) is 0 Å². The van der Waals surface area contributed by atoms with Crippen molar-refractivity contribution in [2.45, 2.75) is 0 Å². The molecule has 1 heterocycles. The molecule has 0 aliphatic carbocycles. The van der Waals surface area contributed by atoms with Crippen LogP contribution in [0.25, 0.3) is 0 Å². The van der Waals surface area contributed by atoms with Crippen molar-refractivity contribution in [1.29, 1.82) is 0 Å². The van der Waals surface area contributed by atoms with E-state index in [9.17, 15) is 0 Å². The molecule has 0 saturated carbocycles. The van der Waals surface area contributed by atoms with Gasteiger partial charge >= 0.3 is 8.17 Å². The van der Waals surface area contributed by atoms with E-state index in [0.29, 0.717) is 13.2 Å². The fraction of sp³-hybridized carbons (Fsp3) is 1.00. The normalized spacial score (nSPS) is 28.3. The fourth-order valence-electron chi connectivity index (χ4n) is 0.350. The van der Waals surface area contributed by atoms with Crippen LogP contribution in [0.4, 0.5) is 0 Å². The number of hydrogen-bond donors (Lipinski definition) is 2. The molecule has 0 aromatic heterocycles. The summed E-state index contributed by atoms with van der Waals surface area (Å²) in [5.74, 6) is 0. The van der Waals surface area contributed by atoms with Gasteiger partial charge in [-0.3, -0.25) is 9.05 Å². The maximum Gasteiger partial charge on any atom is 0.375 e. The quantitative estimate of drug-likeness (QED) is 0.436. The summed E-state index contributed by atoms with van der Waals surface area (Å²) < 4.78 is 8.68. The molecule has 0 spiro atoms. The molecule has 1 aliphatic rings. The third kappa shape index (κ3) is 1.33. The average molecular weight is 125 g/mol. The lowest BCUT2D eigenvalue weighted by atomic mass is 10.8. The van der Waals surface area contributed by atoms with E-state index >= 15 is 0 Å². The predicted octanol–water partition coefficient (Wildman–Crippen LogP) is -0.305. The van der Waals surface area contributed by atoms with Gasteiger partial charge < -0.3 is 9.79 Å². The van der Waals surface area contributed by atoms with Gasteiger partial charge in [0.2, 0.25) is 0 Å². The van der Waals surface area contributed by atoms with Gasteiger partial charge in [-0.2, -0.15) is 0 Å². The summed E-state index contributed by atoms with van der Waals surface area (Å²) in [5.41, 5.74) is 0. The Kier molecular flexibility index (Phi) is 1.28. The molecule has 0 aromatic carbocycles. The van der Waals surface area contributed by atoms with Crippen molar-refractivity contribution in [2.24, 2.45) is 0 Å². The van der Waals surface area contributed by atoms with Gasteiger partial charge in [-0.25, -0.2) is 0 Å². The first-order valence-corrected chi connectivity index (χ1v) is 3.37. The van der Waals surface area contributed by atoms with Crippen molar-refractivity contribution in [3.05, 3.63) is 0 Å². The van der Waals surface area contributed by atoms with Gasteiger partial charge in [0.25, 0.3) is 0 Å². The largest absolute Gasteiger partial charge is 0.375 e. The first-order chi connectivity index (χ1) is 3.21. The van der Waals surface area contributed by atoms with Crippen LogP contribution in [0.15, 0.2) is 0 Å². The Bertz CT molecular complexity index is 64.1. The molecule has 1 rings (SSSR count). The van der Waals surface area contributed by atoms with Crippen molar-refractivity contribution in [2.75, 3.05) is 13.2 Å². The third-order valence-corrected chi connectivity index (χ3v) is 1.64. The van der Waals surface area contributed by atoms with Crippen LogP contribution in [-0.4, -0.2) is 23.0 Å². The molecule has 1 saturated heterocycles. The molecule has 0 amide bonds. The van der Waals surface area contributed by atoms with Gasteiger partial charge in [-0.1, -0.05) is 0 Å². The van der Waals surface area contributed by atoms with Crippen molar-refractivity contribution in [1.82, 2.24) is 0 Å². The summed E-state index contributed by atoms with van der Waals surface area (Å²) in [6.07, 6.45) is 0. The highest BCUT2D eigenvalue weighted by molar-refractivity contribution is 7.54. The van der Waals surface area contributed by atoms with Crippen LogP contribution in [0.1, 0.15) is 0 Å². The van der Waals surface area contributed by atoms with E-state index in [2.05, 4.69) is 9.05 Å². The molecule has 1 aliphatic heterocycles. The molecule has 1 fully saturated rings.